The van der Waals surface area contributed by atoms with Crippen molar-refractivity contribution in [2.45, 2.75) is 434 Å². The molecule has 0 atom stereocenters. The zero-order valence-electron chi connectivity index (χ0n) is 64.7. The topological polar surface area (TPSA) is 131 Å². The second kappa shape index (κ2) is 80.1. The van der Waals surface area contributed by atoms with Gasteiger partial charge in [-0.1, -0.05) is 350 Å². The molecule has 3 N–H and O–H groups in total. The van der Waals surface area contributed by atoms with E-state index in [1.54, 1.807) is 0 Å². The average Bonchev–Trinajstić information content (AvgIpc) is 2.40. The molecule has 0 aromatic rings. The predicted molar refractivity (Wildman–Crippen MR) is 420 cm³/mol. The number of carbonyl (C=O) groups excluding carboxylic acids is 5. The molecule has 0 rings (SSSR count). The first kappa shape index (κ1) is 95.8. The molecule has 96 heavy (non-hydrogen) atoms. The lowest BCUT2D eigenvalue weighted by atomic mass is 10.0. The number of hydrogen-bond donors (Lipinski definition) is 3. The Morgan fingerprint density at radius 3 is 0.625 bits per heavy atom. The Kier molecular flexibility index (Phi) is 80.0. The quantitative estimate of drug-likeness (QED) is 0.0510. The first-order chi connectivity index (χ1) is 46.7. The number of amides is 2. The van der Waals surface area contributed by atoms with Gasteiger partial charge in [0.05, 0.1) is 0 Å². The molecule has 0 heterocycles. The lowest BCUT2D eigenvalue weighted by molar-refractivity contribution is -0.122. The van der Waals surface area contributed by atoms with Crippen molar-refractivity contribution in [2.75, 3.05) is 85.1 Å². The molecule has 0 aromatic heterocycles. The van der Waals surface area contributed by atoms with Crippen LogP contribution in [0.25, 0.3) is 0 Å². The van der Waals surface area contributed by atoms with E-state index in [4.69, 9.17) is 0 Å². The minimum Gasteiger partial charge on any atom is -0.356 e. The molecule has 11 heteroatoms. The van der Waals surface area contributed by atoms with Crippen LogP contribution in [0.3, 0.4) is 0 Å². The summed E-state index contributed by atoms with van der Waals surface area (Å²) in [6.07, 6.45) is 71.9. The van der Waals surface area contributed by atoms with Crippen LogP contribution in [0.15, 0.2) is 0 Å². The molecule has 0 bridgehead atoms. The summed E-state index contributed by atoms with van der Waals surface area (Å²) < 4.78 is 0. The highest BCUT2D eigenvalue weighted by Crippen LogP contribution is 2.18. The van der Waals surface area contributed by atoms with Gasteiger partial charge in [0.2, 0.25) is 11.8 Å². The third kappa shape index (κ3) is 74.5. The molecule has 0 spiro atoms. The summed E-state index contributed by atoms with van der Waals surface area (Å²) in [6, 6.07) is 0. The zero-order valence-corrected chi connectivity index (χ0v) is 64.7. The Morgan fingerprint density at radius 1 is 0.198 bits per heavy atom. The second-order valence-electron chi connectivity index (χ2n) is 29.6. The van der Waals surface area contributed by atoms with Crippen molar-refractivity contribution in [1.29, 1.82) is 0 Å². The highest BCUT2D eigenvalue weighted by atomic mass is 16.2. The van der Waals surface area contributed by atoms with E-state index in [9.17, 15) is 24.0 Å². The molecule has 0 aliphatic heterocycles. The molecule has 0 saturated carbocycles. The van der Waals surface area contributed by atoms with Gasteiger partial charge >= 0.3 is 0 Å². The Morgan fingerprint density at radius 2 is 0.385 bits per heavy atom. The Bertz CT molecular complexity index is 1550. The fourth-order valence-corrected chi connectivity index (χ4v) is 13.4. The summed E-state index contributed by atoms with van der Waals surface area (Å²) in [4.78, 5) is 73.9. The number of nitrogens with one attached hydrogen (secondary N) is 3. The lowest BCUT2D eigenvalue weighted by Gasteiger charge is -2.28. The number of carbonyl (C=O) groups is 5. The number of rotatable bonds is 82. The van der Waals surface area contributed by atoms with E-state index >= 15 is 0 Å². The van der Waals surface area contributed by atoms with Gasteiger partial charge in [-0.2, -0.15) is 0 Å². The third-order valence-corrected chi connectivity index (χ3v) is 20.3. The van der Waals surface area contributed by atoms with E-state index in [1.165, 1.54) is 276 Å². The van der Waals surface area contributed by atoms with Crippen LogP contribution in [-0.2, 0) is 24.0 Å². The van der Waals surface area contributed by atoms with Gasteiger partial charge in [0.15, 0.2) is 0 Å². The Labute approximate surface area is 599 Å². The minimum atomic E-state index is 0. The van der Waals surface area contributed by atoms with Gasteiger partial charge in [-0.05, 0) is 32.1 Å². The van der Waals surface area contributed by atoms with Gasteiger partial charge in [-0.3, -0.25) is 24.0 Å². The van der Waals surface area contributed by atoms with Crippen molar-refractivity contribution in [1.82, 2.24) is 30.7 Å². The molecule has 0 aromatic carbocycles. The summed E-state index contributed by atoms with van der Waals surface area (Å²) >= 11 is 0. The smallest absolute Gasteiger partial charge is 0.221 e. The molecule has 0 aliphatic rings. The van der Waals surface area contributed by atoms with Crippen molar-refractivity contribution >= 4 is 29.2 Å². The van der Waals surface area contributed by atoms with Gasteiger partial charge in [0, 0.05) is 136 Å². The molecular weight excluding hydrogens is 1180 g/mol. The van der Waals surface area contributed by atoms with E-state index in [1.807, 2.05) is 0 Å². The summed E-state index contributed by atoms with van der Waals surface area (Å²) in [7, 11) is 0. The molecule has 0 saturated heterocycles. The molecule has 0 aliphatic carbocycles. The average molecular weight is 1360 g/mol. The maximum Gasteiger partial charge on any atom is 0.221 e. The Hall–Kier alpha value is -2.21. The van der Waals surface area contributed by atoms with Crippen molar-refractivity contribution in [3.8, 4) is 0 Å². The molecule has 2 amide bonds. The Balaban J connectivity index is 0. The van der Waals surface area contributed by atoms with Gasteiger partial charge in [-0.25, -0.2) is 0 Å². The zero-order chi connectivity index (χ0) is 69.1. The van der Waals surface area contributed by atoms with Crippen molar-refractivity contribution in [3.05, 3.63) is 0 Å². The van der Waals surface area contributed by atoms with Gasteiger partial charge in [0.25, 0.3) is 0 Å². The SMILES string of the molecule is C.CCCCCCCCCCCCCC(=O)CCN(CCNCCN(CCC(=O)CCCCCCCCCCCCC)CCN(CCC(=O)NCCCCCCCCCCCC)CCC(=O)NCCCCCCCCCCCC)CCC(=O)CCCCCCCCCCCCC. The van der Waals surface area contributed by atoms with Crippen LogP contribution in [0.5, 0.6) is 0 Å². The van der Waals surface area contributed by atoms with E-state index in [0.29, 0.717) is 101 Å². The molecule has 0 unspecified atom stereocenters. The largest absolute Gasteiger partial charge is 0.356 e. The lowest BCUT2D eigenvalue weighted by Crippen LogP contribution is -2.42. The van der Waals surface area contributed by atoms with Crippen LogP contribution in [-0.4, -0.2) is 129 Å². The van der Waals surface area contributed by atoms with Crippen LogP contribution < -0.4 is 16.0 Å². The summed E-state index contributed by atoms with van der Waals surface area (Å²) in [5, 5.41) is 10.2. The molecule has 11 nitrogen and oxygen atoms in total. The standard InChI is InChI=1S/C84H166N6O5.CH4/c1-6-11-16-21-26-31-36-39-44-49-54-59-80(91)62-71-88(72-63-81(92)60-55-50-45-40-37-32-27-22-17-12-7-2)76-69-85-70-77-90(73-64-82(93)61-56-51-46-41-38-33-28-23-18-13-8-3)79-78-89(74-65-83(94)86-67-57-52-47-42-34-29-24-19-14-9-4)75-66-84(95)87-68-58-53-48-43-35-30-25-20-15-10-5;/h85H,6-79H2,1-5H3,(H,86,94)(H,87,95);1H4. The van der Waals surface area contributed by atoms with Gasteiger partial charge in [0.1, 0.15) is 17.3 Å². The highest BCUT2D eigenvalue weighted by molar-refractivity contribution is 5.79. The first-order valence-electron chi connectivity index (χ1n) is 42.6. The number of ketones is 3. The minimum absolute atomic E-state index is 0. The predicted octanol–water partition coefficient (Wildman–Crippen LogP) is 23.0. The fourth-order valence-electron chi connectivity index (χ4n) is 13.4. The van der Waals surface area contributed by atoms with Crippen LogP contribution >= 0.6 is 0 Å². The monoisotopic (exact) mass is 1360 g/mol. The van der Waals surface area contributed by atoms with E-state index in [-0.39, 0.29) is 19.2 Å². The van der Waals surface area contributed by atoms with E-state index in [0.717, 1.165) is 117 Å². The number of Topliss-reactive ketones (excluding diaryl/α,β-unsaturated/α-hetero) is 3. The summed E-state index contributed by atoms with van der Waals surface area (Å²) in [6.45, 7) is 20.7. The second-order valence-corrected chi connectivity index (χ2v) is 29.6. The van der Waals surface area contributed by atoms with Gasteiger partial charge in [-0.15, -0.1) is 0 Å². The normalized spacial score (nSPS) is 11.6. The maximum atomic E-state index is 13.5. The van der Waals surface area contributed by atoms with Crippen LogP contribution in [0.4, 0.5) is 0 Å². The number of nitrogens with zero attached hydrogens (tertiary/aromatic N) is 3. The maximum absolute atomic E-state index is 13.5. The first-order valence-corrected chi connectivity index (χ1v) is 42.6. The van der Waals surface area contributed by atoms with E-state index < -0.39 is 0 Å². The van der Waals surface area contributed by atoms with Crippen LogP contribution in [0.1, 0.15) is 434 Å². The fraction of sp³-hybridized carbons (Fsp3) is 0.941. The molecule has 0 radical (unpaired) electrons. The molecule has 570 valence electrons. The third-order valence-electron chi connectivity index (χ3n) is 20.3. The van der Waals surface area contributed by atoms with E-state index in [2.05, 4.69) is 65.3 Å². The molecular formula is C85H170N6O5. The van der Waals surface area contributed by atoms with Crippen LogP contribution in [0.2, 0.25) is 0 Å². The van der Waals surface area contributed by atoms with Gasteiger partial charge < -0.3 is 30.7 Å². The molecule has 0 fully saturated rings. The van der Waals surface area contributed by atoms with Crippen molar-refractivity contribution in [3.63, 3.8) is 0 Å². The van der Waals surface area contributed by atoms with Crippen molar-refractivity contribution in [2.24, 2.45) is 0 Å². The summed E-state index contributed by atoms with van der Waals surface area (Å²) in [5.41, 5.74) is 0. The number of hydrogen-bond acceptors (Lipinski definition) is 9. The van der Waals surface area contributed by atoms with Crippen LogP contribution in [0, 0.1) is 0 Å². The van der Waals surface area contributed by atoms with Crippen molar-refractivity contribution < 1.29 is 24.0 Å². The highest BCUT2D eigenvalue weighted by Gasteiger charge is 2.17. The number of unbranched alkanes of at least 4 members (excludes halogenated alkanes) is 48. The summed E-state index contributed by atoms with van der Waals surface area (Å²) in [5.74, 6) is 1.22.